The van der Waals surface area contributed by atoms with E-state index in [1.54, 1.807) is 37.5 Å². The van der Waals surface area contributed by atoms with Crippen molar-refractivity contribution in [2.75, 3.05) is 34.4 Å². The van der Waals surface area contributed by atoms with Crippen LogP contribution in [0.4, 0.5) is 0 Å². The molecule has 3 aromatic rings. The van der Waals surface area contributed by atoms with E-state index in [2.05, 4.69) is 9.97 Å². The Morgan fingerprint density at radius 2 is 1.48 bits per heavy atom. The van der Waals surface area contributed by atoms with Crippen LogP contribution >= 0.6 is 12.4 Å². The molecule has 0 saturated carbocycles. The maximum absolute atomic E-state index is 12.5. The molecule has 8 heteroatoms. The average Bonchev–Trinajstić information content (AvgIpc) is 2.73. The highest BCUT2D eigenvalue weighted by molar-refractivity contribution is 5.85. The number of nitrogens with zero attached hydrogens (tertiary/aromatic N) is 1. The van der Waals surface area contributed by atoms with Crippen molar-refractivity contribution in [2.45, 2.75) is 0 Å². The van der Waals surface area contributed by atoms with Crippen LogP contribution < -0.4 is 31.3 Å². The van der Waals surface area contributed by atoms with Gasteiger partial charge in [0.25, 0.3) is 11.1 Å². The van der Waals surface area contributed by atoms with Gasteiger partial charge in [-0.2, -0.15) is 0 Å². The number of ether oxygens (including phenoxy) is 2. The van der Waals surface area contributed by atoms with Gasteiger partial charge in [0, 0.05) is 6.54 Å². The Morgan fingerprint density at radius 3 is 2.06 bits per heavy atom. The summed E-state index contributed by atoms with van der Waals surface area (Å²) in [5.74, 6) is 1.17. The highest BCUT2D eigenvalue weighted by Gasteiger charge is 2.06. The number of likely N-dealkylation sites (N-methyl/N-ethyl adjacent to an activating group) is 1. The van der Waals surface area contributed by atoms with Gasteiger partial charge in [-0.3, -0.25) is 9.59 Å². The summed E-state index contributed by atoms with van der Waals surface area (Å²) in [6.45, 7) is 1.30. The predicted octanol–water partition coefficient (Wildman–Crippen LogP) is 1.09. The first kappa shape index (κ1) is 24.0. The van der Waals surface area contributed by atoms with Crippen molar-refractivity contribution in [1.82, 2.24) is 14.9 Å². The largest absolute Gasteiger partial charge is 0.493 e. The summed E-state index contributed by atoms with van der Waals surface area (Å²) in [5.41, 5.74) is 0.764. The first-order valence-corrected chi connectivity index (χ1v) is 9.53. The third-order valence-electron chi connectivity index (χ3n) is 4.39. The van der Waals surface area contributed by atoms with Gasteiger partial charge >= 0.3 is 0 Å². The van der Waals surface area contributed by atoms with Gasteiger partial charge in [-0.25, -0.2) is 0 Å². The molecular weight excluding hydrogens is 418 g/mol. The maximum atomic E-state index is 12.5. The molecule has 0 saturated heterocycles. The summed E-state index contributed by atoms with van der Waals surface area (Å²) in [5, 5.41) is 0.360. The van der Waals surface area contributed by atoms with Crippen molar-refractivity contribution in [2.24, 2.45) is 0 Å². The molecule has 2 N–H and O–H groups in total. The van der Waals surface area contributed by atoms with Gasteiger partial charge in [-0.05, 0) is 49.5 Å². The van der Waals surface area contributed by atoms with E-state index in [4.69, 9.17) is 9.47 Å². The standard InChI is InChI=1S/C23H25N3O4.ClH/c1-26(2)11-12-30-20-10-9-17(15-21(20)29-3)14-19-23(28)24-18(22(27)25-19)13-16-7-5-4-6-8-16;/h4-10,13-15H,11-12H2,1-3H3,(H,24,28)(H,25,27);1H. The second-order valence-electron chi connectivity index (χ2n) is 7.00. The number of aromatic amines is 2. The van der Waals surface area contributed by atoms with Crippen LogP contribution in [0.15, 0.2) is 58.1 Å². The maximum Gasteiger partial charge on any atom is 0.272 e. The van der Waals surface area contributed by atoms with Crippen LogP contribution in [0.5, 0.6) is 11.5 Å². The number of hydrogen-bond acceptors (Lipinski definition) is 5. The van der Waals surface area contributed by atoms with E-state index in [-0.39, 0.29) is 34.2 Å². The third kappa shape index (κ3) is 6.60. The second kappa shape index (κ2) is 11.2. The van der Waals surface area contributed by atoms with E-state index < -0.39 is 0 Å². The molecule has 0 aliphatic rings. The fourth-order valence-electron chi connectivity index (χ4n) is 2.81. The Bertz CT molecular complexity index is 1230. The fourth-order valence-corrected chi connectivity index (χ4v) is 2.81. The van der Waals surface area contributed by atoms with E-state index in [9.17, 15) is 9.59 Å². The first-order valence-electron chi connectivity index (χ1n) is 9.53. The molecule has 0 unspecified atom stereocenters. The molecule has 0 spiro atoms. The Labute approximate surface area is 186 Å². The summed E-state index contributed by atoms with van der Waals surface area (Å²) >= 11 is 0. The summed E-state index contributed by atoms with van der Waals surface area (Å²) < 4.78 is 11.1. The molecule has 0 atom stereocenters. The molecule has 0 aliphatic carbocycles. The van der Waals surface area contributed by atoms with Crippen LogP contribution in [0.25, 0.3) is 12.2 Å². The molecule has 164 valence electrons. The number of aromatic nitrogens is 2. The van der Waals surface area contributed by atoms with Gasteiger partial charge in [-0.1, -0.05) is 36.4 Å². The lowest BCUT2D eigenvalue weighted by atomic mass is 10.2. The first-order chi connectivity index (χ1) is 14.5. The molecule has 7 nitrogen and oxygen atoms in total. The van der Waals surface area contributed by atoms with Crippen LogP contribution in [0, 0.1) is 0 Å². The van der Waals surface area contributed by atoms with Gasteiger partial charge in [0.05, 0.1) is 7.11 Å². The van der Waals surface area contributed by atoms with Gasteiger partial charge < -0.3 is 24.3 Å². The van der Waals surface area contributed by atoms with Crippen molar-refractivity contribution in [3.05, 3.63) is 91.1 Å². The number of nitrogens with one attached hydrogen (secondary N) is 2. The molecular formula is C23H26ClN3O4. The lowest BCUT2D eigenvalue weighted by Crippen LogP contribution is -2.46. The minimum Gasteiger partial charge on any atom is -0.493 e. The van der Waals surface area contributed by atoms with E-state index in [1.807, 2.05) is 49.3 Å². The van der Waals surface area contributed by atoms with Crippen molar-refractivity contribution in [1.29, 1.82) is 0 Å². The highest BCUT2D eigenvalue weighted by atomic mass is 35.5. The quantitative estimate of drug-likeness (QED) is 0.571. The lowest BCUT2D eigenvalue weighted by Gasteiger charge is -2.13. The van der Waals surface area contributed by atoms with Crippen LogP contribution in [-0.2, 0) is 0 Å². The molecule has 3 rings (SSSR count). The topological polar surface area (TPSA) is 87.4 Å². The van der Waals surface area contributed by atoms with Crippen molar-refractivity contribution < 1.29 is 9.47 Å². The van der Waals surface area contributed by atoms with E-state index in [0.29, 0.717) is 23.7 Å². The molecule has 2 aromatic carbocycles. The van der Waals surface area contributed by atoms with Gasteiger partial charge in [-0.15, -0.1) is 12.4 Å². The number of benzene rings is 2. The Hall–Kier alpha value is -3.29. The zero-order valence-electron chi connectivity index (χ0n) is 17.7. The zero-order valence-corrected chi connectivity index (χ0v) is 18.5. The number of rotatable bonds is 7. The number of halogens is 1. The average molecular weight is 444 g/mol. The molecule has 31 heavy (non-hydrogen) atoms. The second-order valence-corrected chi connectivity index (χ2v) is 7.00. The molecule has 0 fully saturated rings. The van der Waals surface area contributed by atoms with Gasteiger partial charge in [0.1, 0.15) is 17.3 Å². The van der Waals surface area contributed by atoms with E-state index >= 15 is 0 Å². The van der Waals surface area contributed by atoms with Crippen LogP contribution in [0.2, 0.25) is 0 Å². The number of H-pyrrole nitrogens is 2. The molecule has 0 amide bonds. The van der Waals surface area contributed by atoms with Crippen LogP contribution in [-0.4, -0.2) is 49.2 Å². The highest BCUT2D eigenvalue weighted by Crippen LogP contribution is 2.28. The molecule has 0 aliphatic heterocycles. The van der Waals surface area contributed by atoms with Gasteiger partial charge in [0.2, 0.25) is 0 Å². The van der Waals surface area contributed by atoms with E-state index in [0.717, 1.165) is 12.1 Å². The molecule has 1 heterocycles. The van der Waals surface area contributed by atoms with Crippen LogP contribution in [0.3, 0.4) is 0 Å². The predicted molar refractivity (Wildman–Crippen MR) is 125 cm³/mol. The lowest BCUT2D eigenvalue weighted by molar-refractivity contribution is 0.250. The smallest absolute Gasteiger partial charge is 0.272 e. The number of methoxy groups -OCH3 is 1. The van der Waals surface area contributed by atoms with Crippen molar-refractivity contribution in [3.63, 3.8) is 0 Å². The normalized spacial score (nSPS) is 12.0. The Kier molecular flexibility index (Phi) is 8.66. The summed E-state index contributed by atoms with van der Waals surface area (Å²) in [6.07, 6.45) is 3.23. The molecule has 0 radical (unpaired) electrons. The van der Waals surface area contributed by atoms with Crippen molar-refractivity contribution in [3.8, 4) is 11.5 Å². The SMILES string of the molecule is COc1cc(C=c2[nH]c(=O)c(=Cc3ccccc3)[nH]c2=O)ccc1OCCN(C)C.Cl. The minimum atomic E-state index is -0.387. The van der Waals surface area contributed by atoms with Crippen LogP contribution in [0.1, 0.15) is 11.1 Å². The summed E-state index contributed by atoms with van der Waals surface area (Å²) in [6, 6.07) is 14.7. The zero-order chi connectivity index (χ0) is 21.5. The number of hydrogen-bond donors (Lipinski definition) is 2. The summed E-state index contributed by atoms with van der Waals surface area (Å²) in [7, 11) is 5.50. The third-order valence-corrected chi connectivity index (χ3v) is 4.39. The van der Waals surface area contributed by atoms with Crippen molar-refractivity contribution >= 4 is 24.6 Å². The molecule has 0 bridgehead atoms. The fraction of sp³-hybridized carbons (Fsp3) is 0.217. The summed E-state index contributed by atoms with van der Waals surface area (Å²) in [4.78, 5) is 32.2. The molecule has 1 aromatic heterocycles. The van der Waals surface area contributed by atoms with Gasteiger partial charge in [0.15, 0.2) is 11.5 Å². The Balaban J connectivity index is 0.00000341. The minimum absolute atomic E-state index is 0. The monoisotopic (exact) mass is 443 g/mol. The Morgan fingerprint density at radius 1 is 0.871 bits per heavy atom. The van der Waals surface area contributed by atoms with E-state index in [1.165, 1.54) is 0 Å².